The summed E-state index contributed by atoms with van der Waals surface area (Å²) in [5.74, 6) is 0.818. The van der Waals surface area contributed by atoms with Gasteiger partial charge in [0.2, 0.25) is 0 Å². The minimum atomic E-state index is 0.272. The average molecular weight is 204 g/mol. The maximum Gasteiger partial charge on any atom is 0.184 e. The summed E-state index contributed by atoms with van der Waals surface area (Å²) in [5, 5.41) is 0. The van der Waals surface area contributed by atoms with E-state index < -0.39 is 0 Å². The van der Waals surface area contributed by atoms with Gasteiger partial charge >= 0.3 is 0 Å². The van der Waals surface area contributed by atoms with E-state index in [1.807, 2.05) is 6.07 Å². The lowest BCUT2D eigenvalue weighted by atomic mass is 10.1. The number of rotatable bonds is 4. The molecule has 0 radical (unpaired) electrons. The number of ether oxygens (including phenoxy) is 1. The van der Waals surface area contributed by atoms with Crippen LogP contribution in [0.25, 0.3) is 0 Å². The van der Waals surface area contributed by atoms with Crippen LogP contribution in [0.1, 0.15) is 12.0 Å². The summed E-state index contributed by atoms with van der Waals surface area (Å²) >= 11 is 0. The topological polar surface area (TPSA) is 47.6 Å². The van der Waals surface area contributed by atoms with E-state index in [9.17, 15) is 0 Å². The molecule has 1 aromatic rings. The van der Waals surface area contributed by atoms with E-state index >= 15 is 0 Å². The molecule has 1 unspecified atom stereocenters. The zero-order valence-electron chi connectivity index (χ0n) is 8.73. The third-order valence-corrected chi connectivity index (χ3v) is 2.44. The smallest absolute Gasteiger partial charge is 0.184 e. The Bertz CT molecular complexity index is 335. The van der Waals surface area contributed by atoms with Gasteiger partial charge in [-0.2, -0.15) is 0 Å². The first-order chi connectivity index (χ1) is 7.38. The van der Waals surface area contributed by atoms with Gasteiger partial charge in [-0.1, -0.05) is 30.3 Å². The van der Waals surface area contributed by atoms with Crippen molar-refractivity contribution in [1.29, 1.82) is 0 Å². The second-order valence-electron chi connectivity index (χ2n) is 3.72. The van der Waals surface area contributed by atoms with Gasteiger partial charge in [0.05, 0.1) is 6.04 Å². The number of nitrogens with zero attached hydrogens (tertiary/aromatic N) is 1. The largest absolute Gasteiger partial charge is 0.479 e. The van der Waals surface area contributed by atoms with E-state index in [4.69, 9.17) is 10.5 Å². The first-order valence-electron chi connectivity index (χ1n) is 5.32. The van der Waals surface area contributed by atoms with Crippen molar-refractivity contribution in [1.82, 2.24) is 0 Å². The van der Waals surface area contributed by atoms with Gasteiger partial charge in [-0.15, -0.1) is 0 Å². The van der Waals surface area contributed by atoms with Gasteiger partial charge in [0.1, 0.15) is 6.61 Å². The van der Waals surface area contributed by atoms with E-state index in [1.165, 1.54) is 5.56 Å². The monoisotopic (exact) mass is 204 g/mol. The van der Waals surface area contributed by atoms with Crippen LogP contribution in [0.2, 0.25) is 0 Å². The molecule has 0 saturated heterocycles. The lowest BCUT2D eigenvalue weighted by molar-refractivity contribution is 0.309. The Labute approximate surface area is 90.0 Å². The molecule has 1 heterocycles. The Morgan fingerprint density at radius 1 is 1.33 bits per heavy atom. The molecule has 3 nitrogen and oxygen atoms in total. The van der Waals surface area contributed by atoms with E-state index in [0.29, 0.717) is 13.2 Å². The molecule has 80 valence electrons. The van der Waals surface area contributed by atoms with E-state index in [2.05, 4.69) is 29.3 Å². The lowest BCUT2D eigenvalue weighted by Crippen LogP contribution is -2.10. The summed E-state index contributed by atoms with van der Waals surface area (Å²) < 4.78 is 5.45. The standard InChI is InChI=1S/C12H16N2O/c13-7-6-12-14-11(9-15-12)8-10-4-2-1-3-5-10/h1-5,11H,6-9,13H2. The maximum atomic E-state index is 5.45. The predicted octanol–water partition coefficient (Wildman–Crippen LogP) is 1.38. The first kappa shape index (κ1) is 10.2. The second kappa shape index (κ2) is 4.94. The highest BCUT2D eigenvalue weighted by molar-refractivity contribution is 5.77. The normalized spacial score (nSPS) is 19.8. The molecule has 2 N–H and O–H groups in total. The fraction of sp³-hybridized carbons (Fsp3) is 0.417. The molecule has 15 heavy (non-hydrogen) atoms. The molecule has 1 atom stereocenters. The van der Waals surface area contributed by atoms with Crippen LogP contribution < -0.4 is 5.73 Å². The van der Waals surface area contributed by atoms with Crippen LogP contribution in [0.15, 0.2) is 35.3 Å². The molecule has 0 saturated carbocycles. The zero-order chi connectivity index (χ0) is 10.5. The fourth-order valence-corrected chi connectivity index (χ4v) is 1.72. The number of nitrogens with two attached hydrogens (primary N) is 1. The van der Waals surface area contributed by atoms with Gasteiger partial charge in [-0.3, -0.25) is 0 Å². The molecule has 0 fully saturated rings. The van der Waals surface area contributed by atoms with Crippen LogP contribution >= 0.6 is 0 Å². The first-order valence-corrected chi connectivity index (χ1v) is 5.32. The van der Waals surface area contributed by atoms with Crippen molar-refractivity contribution >= 4 is 5.90 Å². The van der Waals surface area contributed by atoms with Crippen LogP contribution in [-0.4, -0.2) is 25.1 Å². The lowest BCUT2D eigenvalue weighted by Gasteiger charge is -2.04. The number of hydrogen-bond donors (Lipinski definition) is 1. The van der Waals surface area contributed by atoms with Crippen molar-refractivity contribution in [2.24, 2.45) is 10.7 Å². The second-order valence-corrected chi connectivity index (χ2v) is 3.72. The van der Waals surface area contributed by atoms with Crippen molar-refractivity contribution in [3.63, 3.8) is 0 Å². The van der Waals surface area contributed by atoms with Crippen LogP contribution in [0.3, 0.4) is 0 Å². The van der Waals surface area contributed by atoms with Crippen molar-refractivity contribution in [3.8, 4) is 0 Å². The van der Waals surface area contributed by atoms with Crippen molar-refractivity contribution in [2.75, 3.05) is 13.2 Å². The van der Waals surface area contributed by atoms with Gasteiger partial charge in [0.25, 0.3) is 0 Å². The van der Waals surface area contributed by atoms with Gasteiger partial charge in [-0.05, 0) is 12.0 Å². The van der Waals surface area contributed by atoms with Crippen LogP contribution in [0.5, 0.6) is 0 Å². The molecule has 2 rings (SSSR count). The van der Waals surface area contributed by atoms with Crippen molar-refractivity contribution in [2.45, 2.75) is 18.9 Å². The third kappa shape index (κ3) is 2.80. The van der Waals surface area contributed by atoms with Crippen LogP contribution in [0.4, 0.5) is 0 Å². The SMILES string of the molecule is NCCC1=NC(Cc2ccccc2)CO1. The maximum absolute atomic E-state index is 5.45. The zero-order valence-corrected chi connectivity index (χ0v) is 8.73. The van der Waals surface area contributed by atoms with Crippen molar-refractivity contribution < 1.29 is 4.74 Å². The van der Waals surface area contributed by atoms with E-state index in [1.54, 1.807) is 0 Å². The third-order valence-electron chi connectivity index (χ3n) is 2.44. The van der Waals surface area contributed by atoms with Gasteiger partial charge in [-0.25, -0.2) is 4.99 Å². The number of benzene rings is 1. The summed E-state index contributed by atoms with van der Waals surface area (Å²) in [6.45, 7) is 1.31. The Balaban J connectivity index is 1.92. The van der Waals surface area contributed by atoms with Gasteiger partial charge < -0.3 is 10.5 Å². The van der Waals surface area contributed by atoms with Crippen molar-refractivity contribution in [3.05, 3.63) is 35.9 Å². The minimum Gasteiger partial charge on any atom is -0.479 e. The molecule has 1 aromatic carbocycles. The average Bonchev–Trinajstić information content (AvgIpc) is 2.68. The summed E-state index contributed by atoms with van der Waals surface area (Å²) in [6.07, 6.45) is 1.71. The van der Waals surface area contributed by atoms with Gasteiger partial charge in [0, 0.05) is 13.0 Å². The fourth-order valence-electron chi connectivity index (χ4n) is 1.72. The number of hydrogen-bond acceptors (Lipinski definition) is 3. The predicted molar refractivity (Wildman–Crippen MR) is 61.0 cm³/mol. The molecule has 0 amide bonds. The highest BCUT2D eigenvalue weighted by Gasteiger charge is 2.18. The Morgan fingerprint density at radius 3 is 2.87 bits per heavy atom. The molecule has 1 aliphatic heterocycles. The molecule has 0 aromatic heterocycles. The van der Waals surface area contributed by atoms with Crippen LogP contribution in [-0.2, 0) is 11.2 Å². The molecule has 3 heteroatoms. The highest BCUT2D eigenvalue weighted by Crippen LogP contribution is 2.12. The highest BCUT2D eigenvalue weighted by atomic mass is 16.5. The van der Waals surface area contributed by atoms with E-state index in [0.717, 1.165) is 18.7 Å². The van der Waals surface area contributed by atoms with Gasteiger partial charge in [0.15, 0.2) is 5.90 Å². The van der Waals surface area contributed by atoms with E-state index in [-0.39, 0.29) is 6.04 Å². The quantitative estimate of drug-likeness (QED) is 0.805. The molecular formula is C12H16N2O. The molecule has 0 aliphatic carbocycles. The summed E-state index contributed by atoms with van der Waals surface area (Å²) in [5.41, 5.74) is 6.75. The molecule has 0 bridgehead atoms. The minimum absolute atomic E-state index is 0.272. The summed E-state index contributed by atoms with van der Waals surface area (Å²) in [4.78, 5) is 4.49. The number of aliphatic imine (C=N–C) groups is 1. The van der Waals surface area contributed by atoms with Crippen LogP contribution in [0, 0.1) is 0 Å². The molecular weight excluding hydrogens is 188 g/mol. The Kier molecular flexibility index (Phi) is 3.35. The molecule has 1 aliphatic rings. The molecule has 0 spiro atoms. The Morgan fingerprint density at radius 2 is 2.13 bits per heavy atom. The Hall–Kier alpha value is -1.35. The summed E-state index contributed by atoms with van der Waals surface area (Å²) in [6, 6.07) is 10.6. The summed E-state index contributed by atoms with van der Waals surface area (Å²) in [7, 11) is 0.